The van der Waals surface area contributed by atoms with E-state index in [1.54, 1.807) is 0 Å². The minimum Gasteiger partial charge on any atom is -0.311 e. The predicted octanol–water partition coefficient (Wildman–Crippen LogP) is 22.7. The van der Waals surface area contributed by atoms with Crippen LogP contribution >= 0.6 is 0 Å². The first kappa shape index (κ1) is 46.4. The van der Waals surface area contributed by atoms with E-state index in [0.29, 0.717) is 21.9 Å². The highest BCUT2D eigenvalue weighted by atomic mass is 15.2. The highest BCUT2D eigenvalue weighted by Crippen LogP contribution is 2.51. The van der Waals surface area contributed by atoms with E-state index in [4.69, 9.17) is 5.48 Å². The first-order valence-electron chi connectivity index (χ1n) is 38.4. The maximum atomic E-state index is 9.71. The van der Waals surface area contributed by atoms with Crippen molar-refractivity contribution in [2.75, 3.05) is 4.90 Å². The van der Waals surface area contributed by atoms with Crippen LogP contribution in [0.1, 0.15) is 66.4 Å². The third kappa shape index (κ3) is 8.12. The number of fused-ring (bicyclic) bond motifs is 21. The van der Waals surface area contributed by atoms with E-state index in [1.807, 2.05) is 30.3 Å². The number of anilines is 3. The third-order valence-electron chi connectivity index (χ3n) is 21.0. The van der Waals surface area contributed by atoms with Crippen molar-refractivity contribution in [3.05, 3.63) is 308 Å². The largest absolute Gasteiger partial charge is 0.311 e. The topological polar surface area (TPSA) is 17.5 Å². The van der Waals surface area contributed by atoms with Crippen molar-refractivity contribution in [1.29, 1.82) is 0 Å². The summed E-state index contributed by atoms with van der Waals surface area (Å²) in [5, 5.41) is 12.2. The fourth-order valence-electron chi connectivity index (χ4n) is 16.6. The normalized spacial score (nSPS) is 14.5. The predicted molar refractivity (Wildman–Crippen MR) is 415 cm³/mol. The van der Waals surface area contributed by atoms with Crippen molar-refractivity contribution in [3.8, 4) is 44.8 Å². The van der Waals surface area contributed by atoms with Crippen molar-refractivity contribution < 1.29 is 13.7 Å². The molecule has 0 aliphatic carbocycles. The van der Waals surface area contributed by atoms with Gasteiger partial charge in [0.25, 0.3) is 6.71 Å². The van der Waals surface area contributed by atoms with Crippen LogP contribution in [0, 0.1) is 0 Å². The second-order valence-corrected chi connectivity index (χ2v) is 28.5. The smallest absolute Gasteiger partial charge is 0.252 e. The molecular formula is C92H67BN4. The van der Waals surface area contributed by atoms with Crippen LogP contribution in [0.4, 0.5) is 17.1 Å². The van der Waals surface area contributed by atoms with Gasteiger partial charge in [-0.05, 0) is 172 Å². The average molecular weight is 1250 g/mol. The SMILES string of the molecule is [2H]c1c([2H])c([2H])c(-c2ccc3c(c2)c2cc(-c4c([2H])c([2H])c([2H])c([2H])c4[2H])cc4c2n3-c2cc3c(c5c2B4c2ccc(-n4c6ccc(C(C)(C)C)cc6c6cc(C(C)(C)C)ccc64)cc2N5c2ccc(-c4ccccc4)cc2)c2cccc4c5ccccc5c5ccccc5c5ccccc5n3c42)c([2H])c1[2H]. The Kier molecular flexibility index (Phi) is 9.78. The van der Waals surface area contributed by atoms with Crippen LogP contribution in [-0.4, -0.2) is 20.2 Å². The van der Waals surface area contributed by atoms with Gasteiger partial charge in [0.15, 0.2) is 0 Å². The van der Waals surface area contributed by atoms with Gasteiger partial charge in [0.1, 0.15) is 0 Å². The number of nitrogens with zero attached hydrogens (tertiary/aromatic N) is 4. The van der Waals surface area contributed by atoms with Crippen LogP contribution in [0.15, 0.2) is 297 Å². The summed E-state index contributed by atoms with van der Waals surface area (Å²) in [7, 11) is 0. The van der Waals surface area contributed by atoms with Crippen LogP contribution < -0.4 is 21.3 Å². The van der Waals surface area contributed by atoms with E-state index in [1.165, 1.54) is 11.1 Å². The molecule has 0 bridgehead atoms. The molecule has 4 nitrogen and oxygen atoms in total. The Balaban J connectivity index is 1.01. The molecule has 5 heteroatoms. The summed E-state index contributed by atoms with van der Waals surface area (Å²) in [5.41, 5.74) is 19.2. The van der Waals surface area contributed by atoms with Crippen molar-refractivity contribution >= 4 is 143 Å². The molecule has 4 aromatic heterocycles. The van der Waals surface area contributed by atoms with Crippen molar-refractivity contribution in [2.24, 2.45) is 0 Å². The van der Waals surface area contributed by atoms with E-state index < -0.39 is 43.0 Å². The molecular weight excluding hydrogens is 1170 g/mol. The molecule has 0 saturated carbocycles. The molecule has 6 heterocycles. The quantitative estimate of drug-likeness (QED) is 0.157. The molecule has 0 N–H and O–H groups in total. The minimum absolute atomic E-state index is 0.0398. The Morgan fingerprint density at radius 1 is 0.309 bits per heavy atom. The molecule has 0 unspecified atom stereocenters. The molecule has 0 amide bonds. The van der Waals surface area contributed by atoms with E-state index in [2.05, 4.69) is 266 Å². The number of hydrogen-bond donors (Lipinski definition) is 0. The van der Waals surface area contributed by atoms with Gasteiger partial charge in [0, 0.05) is 71.4 Å². The van der Waals surface area contributed by atoms with E-state index in [9.17, 15) is 8.22 Å². The molecule has 2 aliphatic rings. The molecule has 2 aliphatic heterocycles. The number of benzene rings is 14. The van der Waals surface area contributed by atoms with Crippen LogP contribution in [0.2, 0.25) is 0 Å². The first-order chi connectivity index (χ1) is 51.5. The zero-order valence-corrected chi connectivity index (χ0v) is 54.4. The highest BCUT2D eigenvalue weighted by Gasteiger charge is 2.45. The Bertz CT molecular complexity index is 6970. The summed E-state index contributed by atoms with van der Waals surface area (Å²) in [6.07, 6.45) is 0. The van der Waals surface area contributed by atoms with E-state index in [-0.39, 0.29) is 46.1 Å². The van der Waals surface area contributed by atoms with Gasteiger partial charge in [0.05, 0.1) is 52.5 Å². The number of para-hydroxylation sites is 2. The molecule has 458 valence electrons. The van der Waals surface area contributed by atoms with Crippen molar-refractivity contribution in [1.82, 2.24) is 13.5 Å². The van der Waals surface area contributed by atoms with Crippen molar-refractivity contribution in [2.45, 2.75) is 52.4 Å². The second-order valence-electron chi connectivity index (χ2n) is 28.5. The van der Waals surface area contributed by atoms with Crippen LogP contribution in [0.5, 0.6) is 0 Å². The van der Waals surface area contributed by atoms with Gasteiger partial charge < -0.3 is 18.4 Å². The second kappa shape index (κ2) is 20.4. The summed E-state index contributed by atoms with van der Waals surface area (Å²) in [4.78, 5) is 2.50. The van der Waals surface area contributed by atoms with E-state index in [0.717, 1.165) is 148 Å². The van der Waals surface area contributed by atoms with Gasteiger partial charge in [-0.25, -0.2) is 0 Å². The van der Waals surface area contributed by atoms with Crippen LogP contribution in [0.3, 0.4) is 0 Å². The molecule has 0 spiro atoms. The van der Waals surface area contributed by atoms with Crippen molar-refractivity contribution in [3.63, 3.8) is 0 Å². The van der Waals surface area contributed by atoms with Crippen LogP contribution in [0.25, 0.3) is 148 Å². The Morgan fingerprint density at radius 2 is 0.825 bits per heavy atom. The highest BCUT2D eigenvalue weighted by molar-refractivity contribution is 7.00. The van der Waals surface area contributed by atoms with Crippen LogP contribution in [-0.2, 0) is 10.8 Å². The standard InChI is InChI=1S/C92H67BN4/c1-91(2,3)62-40-47-80-74(52-62)75-53-63(92(4,5)6)41-48-81(75)94(80)65-44-45-77-83(54-65)95(64-42-37-59(38-43-64)56-23-10-7-11-24-56)90-86-72-35-22-34-71-69-32-19-17-30-67(69)66-29-16-18-31-68(66)70-33-20-21-36-79(70)96(88(71)72)84(86)55-85-87(90)93(77)78-51-61(58-27-14-9-15-28-58)50-76-73-49-60(57-25-12-8-13-26-57)39-46-82(73)97(85)89(76)78/h7-55H,1-6H3/i8D,9D,12D,13D,14D,15D,25D,26D,27D,28D. The maximum Gasteiger partial charge on any atom is 0.252 e. The minimum atomic E-state index is -0.611. The maximum absolute atomic E-state index is 9.71. The van der Waals surface area contributed by atoms with Gasteiger partial charge in [-0.15, -0.1) is 0 Å². The summed E-state index contributed by atoms with van der Waals surface area (Å²) >= 11 is 0. The molecule has 20 rings (SSSR count). The van der Waals surface area contributed by atoms with Gasteiger partial charge >= 0.3 is 0 Å². The lowest BCUT2D eigenvalue weighted by atomic mass is 9.33. The third-order valence-corrected chi connectivity index (χ3v) is 21.0. The lowest BCUT2D eigenvalue weighted by Crippen LogP contribution is -2.60. The van der Waals surface area contributed by atoms with E-state index >= 15 is 0 Å². The zero-order chi connectivity index (χ0) is 73.4. The molecule has 18 aromatic rings. The number of aromatic nitrogens is 3. The Hall–Kier alpha value is -11.7. The first-order valence-corrected chi connectivity index (χ1v) is 33.4. The summed E-state index contributed by atoms with van der Waals surface area (Å²) < 4.78 is 99.0. The molecule has 0 fully saturated rings. The monoisotopic (exact) mass is 1250 g/mol. The van der Waals surface area contributed by atoms with Gasteiger partial charge in [-0.2, -0.15) is 0 Å². The molecule has 14 aromatic carbocycles. The average Bonchev–Trinajstić information content (AvgIpc) is 1.56. The zero-order valence-electron chi connectivity index (χ0n) is 64.4. The van der Waals surface area contributed by atoms with Gasteiger partial charge in [-0.3, -0.25) is 0 Å². The Morgan fingerprint density at radius 3 is 1.48 bits per heavy atom. The number of rotatable bonds is 5. The lowest BCUT2D eigenvalue weighted by Gasteiger charge is -2.41. The fourth-order valence-corrected chi connectivity index (χ4v) is 16.6. The molecule has 97 heavy (non-hydrogen) atoms. The van der Waals surface area contributed by atoms with Gasteiger partial charge in [-0.1, -0.05) is 260 Å². The molecule has 0 saturated heterocycles. The van der Waals surface area contributed by atoms with Gasteiger partial charge in [0.2, 0.25) is 0 Å². The summed E-state index contributed by atoms with van der Waals surface area (Å²) in [5.74, 6) is 0. The number of hydrogen-bond acceptors (Lipinski definition) is 1. The Labute approximate surface area is 577 Å². The lowest BCUT2D eigenvalue weighted by molar-refractivity contribution is 0.590. The fraction of sp³-hybridized carbons (Fsp3) is 0.0870. The summed E-state index contributed by atoms with van der Waals surface area (Å²) in [6.45, 7) is 13.0. The molecule has 0 radical (unpaired) electrons. The summed E-state index contributed by atoms with van der Waals surface area (Å²) in [6, 6.07) is 81.0. The molecule has 0 atom stereocenters.